The second-order valence-electron chi connectivity index (χ2n) is 5.37. The number of carbonyl (C=O) groups excluding carboxylic acids is 1. The number of nitrogens with one attached hydrogen (secondary N) is 1. The molecular weight excluding hydrogens is 234 g/mol. The van der Waals surface area contributed by atoms with Gasteiger partial charge in [-0.05, 0) is 32.4 Å². The standard InChI is InChI=1S/C12H21N3O3/c1-14-4-2-9(7-14)6-13-12(18)15-5-3-10(8-15)11(16)17/h9-10H,2-8H2,1H3,(H,13,18)(H,16,17). The van der Waals surface area contributed by atoms with Gasteiger partial charge in [0.25, 0.3) is 0 Å². The van der Waals surface area contributed by atoms with Crippen molar-refractivity contribution < 1.29 is 14.7 Å². The highest BCUT2D eigenvalue weighted by Crippen LogP contribution is 2.17. The van der Waals surface area contributed by atoms with Crippen molar-refractivity contribution in [3.63, 3.8) is 0 Å². The van der Waals surface area contributed by atoms with Gasteiger partial charge in [0.2, 0.25) is 0 Å². The molecule has 0 spiro atoms. The molecule has 2 N–H and O–H groups in total. The van der Waals surface area contributed by atoms with E-state index in [1.54, 1.807) is 4.90 Å². The van der Waals surface area contributed by atoms with Gasteiger partial charge in [-0.25, -0.2) is 4.79 Å². The Labute approximate surface area is 107 Å². The van der Waals surface area contributed by atoms with Crippen molar-refractivity contribution in [1.29, 1.82) is 0 Å². The molecule has 18 heavy (non-hydrogen) atoms. The highest BCUT2D eigenvalue weighted by molar-refractivity contribution is 5.77. The lowest BCUT2D eigenvalue weighted by atomic mass is 10.1. The van der Waals surface area contributed by atoms with E-state index >= 15 is 0 Å². The van der Waals surface area contributed by atoms with Crippen LogP contribution in [0.2, 0.25) is 0 Å². The first-order valence-electron chi connectivity index (χ1n) is 6.50. The highest BCUT2D eigenvalue weighted by Gasteiger charge is 2.31. The van der Waals surface area contributed by atoms with Crippen LogP contribution in [0, 0.1) is 11.8 Å². The molecule has 2 saturated heterocycles. The zero-order chi connectivity index (χ0) is 13.1. The van der Waals surface area contributed by atoms with Gasteiger partial charge in [0.05, 0.1) is 5.92 Å². The molecule has 0 aliphatic carbocycles. The molecule has 0 saturated carbocycles. The first kappa shape index (κ1) is 13.1. The Hall–Kier alpha value is -1.30. The van der Waals surface area contributed by atoms with E-state index in [4.69, 9.17) is 5.11 Å². The molecule has 6 nitrogen and oxygen atoms in total. The molecule has 0 aromatic rings. The predicted molar refractivity (Wildman–Crippen MR) is 66.3 cm³/mol. The number of hydrogen-bond acceptors (Lipinski definition) is 3. The average molecular weight is 255 g/mol. The van der Waals surface area contributed by atoms with E-state index in [1.807, 2.05) is 0 Å². The average Bonchev–Trinajstić information content (AvgIpc) is 2.94. The molecule has 102 valence electrons. The Morgan fingerprint density at radius 2 is 2.06 bits per heavy atom. The number of carboxylic acid groups (broad SMARTS) is 1. The summed E-state index contributed by atoms with van der Waals surface area (Å²) in [7, 11) is 2.08. The number of carbonyl (C=O) groups is 2. The zero-order valence-electron chi connectivity index (χ0n) is 10.8. The molecular formula is C12H21N3O3. The minimum Gasteiger partial charge on any atom is -0.481 e. The van der Waals surface area contributed by atoms with E-state index in [0.717, 1.165) is 19.5 Å². The minimum absolute atomic E-state index is 0.117. The fourth-order valence-electron chi connectivity index (χ4n) is 2.68. The summed E-state index contributed by atoms with van der Waals surface area (Å²) in [6, 6.07) is -0.117. The molecule has 2 aliphatic heterocycles. The van der Waals surface area contributed by atoms with Crippen LogP contribution in [0.1, 0.15) is 12.8 Å². The van der Waals surface area contributed by atoms with E-state index in [9.17, 15) is 9.59 Å². The number of nitrogens with zero attached hydrogens (tertiary/aromatic N) is 2. The van der Waals surface area contributed by atoms with Crippen LogP contribution in [0.4, 0.5) is 4.79 Å². The van der Waals surface area contributed by atoms with Crippen molar-refractivity contribution in [3.05, 3.63) is 0 Å². The molecule has 0 aromatic heterocycles. The van der Waals surface area contributed by atoms with Gasteiger partial charge in [0, 0.05) is 26.2 Å². The van der Waals surface area contributed by atoms with E-state index in [1.165, 1.54) is 0 Å². The van der Waals surface area contributed by atoms with Gasteiger partial charge in [-0.3, -0.25) is 4.79 Å². The van der Waals surface area contributed by atoms with Gasteiger partial charge in [0.15, 0.2) is 0 Å². The van der Waals surface area contributed by atoms with Crippen molar-refractivity contribution in [1.82, 2.24) is 15.1 Å². The van der Waals surface area contributed by atoms with Gasteiger partial charge in [0.1, 0.15) is 0 Å². The molecule has 2 aliphatic rings. The molecule has 0 radical (unpaired) electrons. The Kier molecular flexibility index (Phi) is 4.06. The van der Waals surface area contributed by atoms with Crippen molar-refractivity contribution in [2.24, 2.45) is 11.8 Å². The van der Waals surface area contributed by atoms with Gasteiger partial charge in [-0.2, -0.15) is 0 Å². The maximum absolute atomic E-state index is 11.9. The van der Waals surface area contributed by atoms with Crippen LogP contribution in [0.15, 0.2) is 0 Å². The van der Waals surface area contributed by atoms with Crippen LogP contribution in [0.3, 0.4) is 0 Å². The summed E-state index contributed by atoms with van der Waals surface area (Å²) in [4.78, 5) is 26.5. The molecule has 2 rings (SSSR count). The summed E-state index contributed by atoms with van der Waals surface area (Å²) in [5.74, 6) is -0.673. The molecule has 2 atom stereocenters. The third-order valence-corrected chi connectivity index (χ3v) is 3.86. The maximum atomic E-state index is 11.9. The van der Waals surface area contributed by atoms with Crippen LogP contribution in [-0.2, 0) is 4.79 Å². The van der Waals surface area contributed by atoms with Gasteiger partial charge in [-0.1, -0.05) is 0 Å². The third kappa shape index (κ3) is 3.13. The van der Waals surface area contributed by atoms with Crippen LogP contribution >= 0.6 is 0 Å². The minimum atomic E-state index is -0.803. The summed E-state index contributed by atoms with van der Waals surface area (Å²) >= 11 is 0. The zero-order valence-corrected chi connectivity index (χ0v) is 10.8. The van der Waals surface area contributed by atoms with Crippen molar-refractivity contribution in [2.75, 3.05) is 39.8 Å². The van der Waals surface area contributed by atoms with Crippen LogP contribution < -0.4 is 5.32 Å². The van der Waals surface area contributed by atoms with Crippen molar-refractivity contribution in [3.8, 4) is 0 Å². The second kappa shape index (κ2) is 5.56. The number of aliphatic carboxylic acids is 1. The molecule has 2 heterocycles. The topological polar surface area (TPSA) is 72.9 Å². The smallest absolute Gasteiger partial charge is 0.317 e. The van der Waals surface area contributed by atoms with E-state index < -0.39 is 11.9 Å². The monoisotopic (exact) mass is 255 g/mol. The largest absolute Gasteiger partial charge is 0.481 e. The number of amides is 2. The van der Waals surface area contributed by atoms with Crippen LogP contribution in [-0.4, -0.2) is 66.7 Å². The lowest BCUT2D eigenvalue weighted by Gasteiger charge is -2.18. The normalized spacial score (nSPS) is 28.6. The quantitative estimate of drug-likeness (QED) is 0.747. The maximum Gasteiger partial charge on any atom is 0.317 e. The Morgan fingerprint density at radius 3 is 2.61 bits per heavy atom. The second-order valence-corrected chi connectivity index (χ2v) is 5.37. The summed E-state index contributed by atoms with van der Waals surface area (Å²) in [6.07, 6.45) is 1.68. The Morgan fingerprint density at radius 1 is 1.28 bits per heavy atom. The first-order chi connectivity index (χ1) is 8.56. The number of urea groups is 1. The summed E-state index contributed by atoms with van der Waals surface area (Å²) in [5, 5.41) is 11.8. The van der Waals surface area contributed by atoms with E-state index in [2.05, 4.69) is 17.3 Å². The first-order valence-corrected chi connectivity index (χ1v) is 6.50. The third-order valence-electron chi connectivity index (χ3n) is 3.86. The van der Waals surface area contributed by atoms with Crippen LogP contribution in [0.25, 0.3) is 0 Å². The molecule has 6 heteroatoms. The number of rotatable bonds is 3. The predicted octanol–water partition coefficient (Wildman–Crippen LogP) is 0.0542. The molecule has 2 unspecified atom stereocenters. The molecule has 0 bridgehead atoms. The SMILES string of the molecule is CN1CCC(CNC(=O)N2CCC(C(=O)O)C2)C1. The Balaban J connectivity index is 1.71. The molecule has 2 fully saturated rings. The number of carboxylic acids is 1. The fraction of sp³-hybridized carbons (Fsp3) is 0.833. The van der Waals surface area contributed by atoms with Crippen molar-refractivity contribution >= 4 is 12.0 Å². The summed E-state index contributed by atoms with van der Waals surface area (Å²) in [6.45, 7) is 3.69. The number of hydrogen-bond donors (Lipinski definition) is 2. The van der Waals surface area contributed by atoms with Gasteiger partial charge in [-0.15, -0.1) is 0 Å². The number of likely N-dealkylation sites (tertiary alicyclic amines) is 2. The summed E-state index contributed by atoms with van der Waals surface area (Å²) in [5.41, 5.74) is 0. The van der Waals surface area contributed by atoms with Gasteiger partial charge >= 0.3 is 12.0 Å². The highest BCUT2D eigenvalue weighted by atomic mass is 16.4. The molecule has 0 aromatic carbocycles. The van der Waals surface area contributed by atoms with E-state index in [-0.39, 0.29) is 6.03 Å². The Bertz CT molecular complexity index is 335. The van der Waals surface area contributed by atoms with E-state index in [0.29, 0.717) is 32.0 Å². The van der Waals surface area contributed by atoms with Gasteiger partial charge < -0.3 is 20.2 Å². The molecule has 2 amide bonds. The van der Waals surface area contributed by atoms with Crippen LogP contribution in [0.5, 0.6) is 0 Å². The summed E-state index contributed by atoms with van der Waals surface area (Å²) < 4.78 is 0. The lowest BCUT2D eigenvalue weighted by molar-refractivity contribution is -0.141. The fourth-order valence-corrected chi connectivity index (χ4v) is 2.68. The van der Waals surface area contributed by atoms with Crippen molar-refractivity contribution in [2.45, 2.75) is 12.8 Å². The lowest BCUT2D eigenvalue weighted by Crippen LogP contribution is -2.41.